The van der Waals surface area contributed by atoms with Crippen LogP contribution in [0.1, 0.15) is 24.2 Å². The summed E-state index contributed by atoms with van der Waals surface area (Å²) >= 11 is 0. The maximum atomic E-state index is 4.48. The summed E-state index contributed by atoms with van der Waals surface area (Å²) in [7, 11) is 3.63. The molecule has 128 valence electrons. The molecule has 2 N–H and O–H groups in total. The second kappa shape index (κ2) is 7.76. The van der Waals surface area contributed by atoms with Crippen LogP contribution in [0.25, 0.3) is 0 Å². The predicted octanol–water partition coefficient (Wildman–Crippen LogP) is 0.675. The number of hydrogen-bond donors (Lipinski definition) is 2. The van der Waals surface area contributed by atoms with Gasteiger partial charge in [-0.2, -0.15) is 5.10 Å². The number of anilines is 1. The fraction of sp³-hybridized carbons (Fsp3) is 0.500. The number of nitrogens with one attached hydrogen (secondary N) is 2. The number of guanidine groups is 1. The molecule has 3 rings (SSSR count). The molecule has 1 aliphatic rings. The van der Waals surface area contributed by atoms with Gasteiger partial charge in [-0.3, -0.25) is 9.67 Å². The molecule has 0 unspecified atom stereocenters. The topological polar surface area (TPSA) is 83.3 Å². The molecule has 0 aromatic carbocycles. The lowest BCUT2D eigenvalue weighted by molar-refractivity contribution is 0.672. The molecular weight excluding hydrogens is 304 g/mol. The minimum atomic E-state index is 0.575. The summed E-state index contributed by atoms with van der Waals surface area (Å²) in [4.78, 5) is 15.3. The van der Waals surface area contributed by atoms with E-state index in [0.29, 0.717) is 13.1 Å². The van der Waals surface area contributed by atoms with E-state index in [9.17, 15) is 0 Å². The Labute approximate surface area is 142 Å². The van der Waals surface area contributed by atoms with Crippen molar-refractivity contribution in [1.29, 1.82) is 0 Å². The SMILES string of the molecule is CN=C(NCc1ccnc(N2CCCC2)c1)NCc1ncnn1C. The van der Waals surface area contributed by atoms with Gasteiger partial charge < -0.3 is 15.5 Å². The molecule has 8 heteroatoms. The third kappa shape index (κ3) is 4.01. The molecule has 1 aliphatic heterocycles. The molecule has 1 saturated heterocycles. The smallest absolute Gasteiger partial charge is 0.191 e. The fourth-order valence-electron chi connectivity index (χ4n) is 2.74. The summed E-state index contributed by atoms with van der Waals surface area (Å²) in [6.07, 6.45) is 5.93. The van der Waals surface area contributed by atoms with Crippen molar-refractivity contribution in [2.75, 3.05) is 25.0 Å². The van der Waals surface area contributed by atoms with Gasteiger partial charge >= 0.3 is 0 Å². The number of rotatable bonds is 5. The van der Waals surface area contributed by atoms with E-state index < -0.39 is 0 Å². The molecule has 0 atom stereocenters. The highest BCUT2D eigenvalue weighted by Gasteiger charge is 2.13. The first kappa shape index (κ1) is 16.2. The van der Waals surface area contributed by atoms with Crippen molar-refractivity contribution in [2.24, 2.45) is 12.0 Å². The number of nitrogens with zero attached hydrogens (tertiary/aromatic N) is 6. The normalized spacial score (nSPS) is 14.9. The van der Waals surface area contributed by atoms with E-state index in [1.165, 1.54) is 18.4 Å². The Morgan fingerprint density at radius 3 is 2.71 bits per heavy atom. The molecule has 2 aromatic heterocycles. The lowest BCUT2D eigenvalue weighted by Crippen LogP contribution is -2.37. The molecule has 0 amide bonds. The monoisotopic (exact) mass is 328 g/mol. The van der Waals surface area contributed by atoms with E-state index in [0.717, 1.165) is 30.7 Å². The number of aromatic nitrogens is 4. The molecule has 0 bridgehead atoms. The van der Waals surface area contributed by atoms with Gasteiger partial charge in [-0.25, -0.2) is 9.97 Å². The lowest BCUT2D eigenvalue weighted by atomic mass is 10.2. The average molecular weight is 328 g/mol. The number of aliphatic imine (C=N–C) groups is 1. The Balaban J connectivity index is 1.53. The second-order valence-electron chi connectivity index (χ2n) is 5.80. The third-order valence-corrected chi connectivity index (χ3v) is 4.14. The Morgan fingerprint density at radius 2 is 2.00 bits per heavy atom. The van der Waals surface area contributed by atoms with Crippen LogP contribution in [0.2, 0.25) is 0 Å². The van der Waals surface area contributed by atoms with Gasteiger partial charge in [-0.15, -0.1) is 0 Å². The van der Waals surface area contributed by atoms with Gasteiger partial charge in [0.2, 0.25) is 0 Å². The Bertz CT molecular complexity index is 687. The molecule has 0 aliphatic carbocycles. The summed E-state index contributed by atoms with van der Waals surface area (Å²) in [5.41, 5.74) is 1.19. The third-order valence-electron chi connectivity index (χ3n) is 4.14. The number of pyridine rings is 1. The lowest BCUT2D eigenvalue weighted by Gasteiger charge is -2.17. The predicted molar refractivity (Wildman–Crippen MR) is 93.7 cm³/mol. The molecule has 3 heterocycles. The second-order valence-corrected chi connectivity index (χ2v) is 5.80. The number of hydrogen-bond acceptors (Lipinski definition) is 5. The highest BCUT2D eigenvalue weighted by atomic mass is 15.3. The van der Waals surface area contributed by atoms with Gasteiger partial charge in [0.05, 0.1) is 6.54 Å². The van der Waals surface area contributed by atoms with Crippen LogP contribution in [-0.2, 0) is 20.1 Å². The molecule has 24 heavy (non-hydrogen) atoms. The average Bonchev–Trinajstić information content (AvgIpc) is 3.27. The van der Waals surface area contributed by atoms with E-state index in [4.69, 9.17) is 0 Å². The molecule has 0 spiro atoms. The first-order chi connectivity index (χ1) is 11.8. The summed E-state index contributed by atoms with van der Waals surface area (Å²) in [6, 6.07) is 4.18. The van der Waals surface area contributed by atoms with Crippen LogP contribution in [0, 0.1) is 0 Å². The van der Waals surface area contributed by atoms with Gasteiger partial charge in [0.25, 0.3) is 0 Å². The first-order valence-corrected chi connectivity index (χ1v) is 8.23. The van der Waals surface area contributed by atoms with E-state index in [-0.39, 0.29) is 0 Å². The molecule has 0 saturated carbocycles. The van der Waals surface area contributed by atoms with Gasteiger partial charge in [0.15, 0.2) is 5.96 Å². The minimum Gasteiger partial charge on any atom is -0.357 e. The zero-order valence-electron chi connectivity index (χ0n) is 14.2. The van der Waals surface area contributed by atoms with Crippen LogP contribution in [0.15, 0.2) is 29.6 Å². The molecule has 2 aromatic rings. The van der Waals surface area contributed by atoms with Crippen molar-refractivity contribution >= 4 is 11.8 Å². The molecular formula is C16H24N8. The van der Waals surface area contributed by atoms with Crippen LogP contribution in [0.5, 0.6) is 0 Å². The summed E-state index contributed by atoms with van der Waals surface area (Å²) in [6.45, 7) is 3.48. The minimum absolute atomic E-state index is 0.575. The Hall–Kier alpha value is -2.64. The Kier molecular flexibility index (Phi) is 5.25. The van der Waals surface area contributed by atoms with Crippen LogP contribution >= 0.6 is 0 Å². The quantitative estimate of drug-likeness (QED) is 0.620. The fourth-order valence-corrected chi connectivity index (χ4v) is 2.74. The van der Waals surface area contributed by atoms with Crippen molar-refractivity contribution in [3.8, 4) is 0 Å². The van der Waals surface area contributed by atoms with Crippen LogP contribution < -0.4 is 15.5 Å². The van der Waals surface area contributed by atoms with Gasteiger partial charge in [-0.1, -0.05) is 0 Å². The van der Waals surface area contributed by atoms with Crippen molar-refractivity contribution in [3.63, 3.8) is 0 Å². The van der Waals surface area contributed by atoms with E-state index in [1.807, 2.05) is 19.3 Å². The Morgan fingerprint density at radius 1 is 1.21 bits per heavy atom. The summed E-state index contributed by atoms with van der Waals surface area (Å²) < 4.78 is 1.74. The van der Waals surface area contributed by atoms with Crippen molar-refractivity contribution in [2.45, 2.75) is 25.9 Å². The zero-order chi connectivity index (χ0) is 16.8. The molecule has 8 nitrogen and oxygen atoms in total. The maximum absolute atomic E-state index is 4.48. The van der Waals surface area contributed by atoms with Crippen LogP contribution in [-0.4, -0.2) is 45.8 Å². The van der Waals surface area contributed by atoms with E-state index >= 15 is 0 Å². The number of aryl methyl sites for hydroxylation is 1. The van der Waals surface area contributed by atoms with Crippen molar-refractivity contribution < 1.29 is 0 Å². The standard InChI is InChI=1S/C16H24N8/c1-17-16(20-11-15-21-12-22-23(15)2)19-10-13-5-6-18-14(9-13)24-7-3-4-8-24/h5-6,9,12H,3-4,7-8,10-11H2,1-2H3,(H2,17,19,20). The molecule has 1 fully saturated rings. The zero-order valence-corrected chi connectivity index (χ0v) is 14.2. The largest absolute Gasteiger partial charge is 0.357 e. The highest BCUT2D eigenvalue weighted by molar-refractivity contribution is 5.79. The van der Waals surface area contributed by atoms with Gasteiger partial charge in [0.1, 0.15) is 18.0 Å². The van der Waals surface area contributed by atoms with Gasteiger partial charge in [0, 0.05) is 39.9 Å². The van der Waals surface area contributed by atoms with Crippen molar-refractivity contribution in [1.82, 2.24) is 30.4 Å². The van der Waals surface area contributed by atoms with E-state index in [2.05, 4.69) is 41.7 Å². The van der Waals surface area contributed by atoms with Gasteiger partial charge in [-0.05, 0) is 30.5 Å². The van der Waals surface area contributed by atoms with Crippen molar-refractivity contribution in [3.05, 3.63) is 36.0 Å². The van der Waals surface area contributed by atoms with Crippen LogP contribution in [0.3, 0.4) is 0 Å². The summed E-state index contributed by atoms with van der Waals surface area (Å²) in [5.74, 6) is 2.66. The highest BCUT2D eigenvalue weighted by Crippen LogP contribution is 2.18. The first-order valence-electron chi connectivity index (χ1n) is 8.23. The van der Waals surface area contributed by atoms with E-state index in [1.54, 1.807) is 18.1 Å². The van der Waals surface area contributed by atoms with Crippen LogP contribution in [0.4, 0.5) is 5.82 Å². The summed E-state index contributed by atoms with van der Waals surface area (Å²) in [5, 5.41) is 10.6. The maximum Gasteiger partial charge on any atom is 0.191 e. The molecule has 0 radical (unpaired) electrons.